The molecule has 2 aromatic rings. The highest BCUT2D eigenvalue weighted by molar-refractivity contribution is 8.00. The van der Waals surface area contributed by atoms with E-state index < -0.39 is 5.25 Å². The van der Waals surface area contributed by atoms with Gasteiger partial charge in [-0.3, -0.25) is 19.0 Å². The Bertz CT molecular complexity index is 1050. The lowest BCUT2D eigenvalue weighted by atomic mass is 9.97. The van der Waals surface area contributed by atoms with Crippen molar-refractivity contribution in [1.29, 1.82) is 0 Å². The summed E-state index contributed by atoms with van der Waals surface area (Å²) >= 11 is 7.39. The van der Waals surface area contributed by atoms with Gasteiger partial charge >= 0.3 is 5.97 Å². The fourth-order valence-corrected chi connectivity index (χ4v) is 5.02. The van der Waals surface area contributed by atoms with Gasteiger partial charge in [-0.15, -0.1) is 0 Å². The third-order valence-corrected chi connectivity index (χ3v) is 6.80. The molecule has 0 spiro atoms. The van der Waals surface area contributed by atoms with Crippen molar-refractivity contribution in [1.82, 2.24) is 14.5 Å². The van der Waals surface area contributed by atoms with Gasteiger partial charge in [0.25, 0.3) is 5.56 Å². The number of amides is 1. The number of fused-ring (bicyclic) bond motifs is 1. The maximum Gasteiger partial charge on any atom is 0.309 e. The summed E-state index contributed by atoms with van der Waals surface area (Å²) in [4.78, 5) is 44.7. The van der Waals surface area contributed by atoms with Gasteiger partial charge in [-0.2, -0.15) is 0 Å². The van der Waals surface area contributed by atoms with Crippen LogP contribution in [-0.4, -0.2) is 51.3 Å². The second-order valence-electron chi connectivity index (χ2n) is 8.48. The zero-order valence-corrected chi connectivity index (χ0v) is 20.5. The van der Waals surface area contributed by atoms with Gasteiger partial charge in [-0.25, -0.2) is 4.98 Å². The summed E-state index contributed by atoms with van der Waals surface area (Å²) in [6.07, 6.45) is 1.21. The predicted octanol–water partition coefficient (Wildman–Crippen LogP) is 3.99. The van der Waals surface area contributed by atoms with Gasteiger partial charge in [0.2, 0.25) is 5.91 Å². The Hall–Kier alpha value is -2.06. The Morgan fingerprint density at radius 2 is 1.94 bits per heavy atom. The molecule has 1 saturated heterocycles. The molecule has 1 aliphatic heterocycles. The van der Waals surface area contributed by atoms with Crippen LogP contribution >= 0.6 is 23.4 Å². The fourth-order valence-electron chi connectivity index (χ4n) is 3.85. The lowest BCUT2D eigenvalue weighted by Crippen LogP contribution is -2.43. The normalized spacial score (nSPS) is 15.9. The van der Waals surface area contributed by atoms with Crippen molar-refractivity contribution in [3.8, 4) is 0 Å². The van der Waals surface area contributed by atoms with Crippen LogP contribution in [0.2, 0.25) is 5.02 Å². The van der Waals surface area contributed by atoms with Gasteiger partial charge in [0.1, 0.15) is 0 Å². The highest BCUT2D eigenvalue weighted by atomic mass is 35.5. The molecule has 0 bridgehead atoms. The van der Waals surface area contributed by atoms with Gasteiger partial charge in [0, 0.05) is 24.7 Å². The van der Waals surface area contributed by atoms with E-state index in [2.05, 4.69) is 4.98 Å². The van der Waals surface area contributed by atoms with E-state index in [9.17, 15) is 14.4 Å². The van der Waals surface area contributed by atoms with Crippen LogP contribution in [-0.2, 0) is 20.9 Å². The molecule has 174 valence electrons. The molecule has 9 heteroatoms. The second-order valence-corrected chi connectivity index (χ2v) is 10.2. The molecule has 1 aliphatic rings. The first-order chi connectivity index (χ1) is 15.2. The molecular weight excluding hydrogens is 450 g/mol. The monoisotopic (exact) mass is 479 g/mol. The van der Waals surface area contributed by atoms with Gasteiger partial charge in [-0.1, -0.05) is 37.2 Å². The number of benzene rings is 1. The van der Waals surface area contributed by atoms with Crippen molar-refractivity contribution >= 4 is 46.1 Å². The molecular formula is C23H30ClN3O4S. The molecule has 1 atom stereocenters. The number of aromatic nitrogens is 2. The van der Waals surface area contributed by atoms with Gasteiger partial charge in [-0.05, 0) is 50.8 Å². The van der Waals surface area contributed by atoms with E-state index in [-0.39, 0.29) is 29.3 Å². The van der Waals surface area contributed by atoms with Crippen molar-refractivity contribution in [2.75, 3.05) is 19.7 Å². The van der Waals surface area contributed by atoms with Gasteiger partial charge < -0.3 is 9.64 Å². The highest BCUT2D eigenvalue weighted by Crippen LogP contribution is 2.27. The number of thioether (sulfide) groups is 1. The fraction of sp³-hybridized carbons (Fsp3) is 0.565. The maximum atomic E-state index is 13.2. The molecule has 7 nitrogen and oxygen atoms in total. The molecule has 0 radical (unpaired) electrons. The molecule has 2 heterocycles. The van der Waals surface area contributed by atoms with E-state index in [4.69, 9.17) is 16.3 Å². The maximum absolute atomic E-state index is 13.2. The van der Waals surface area contributed by atoms with Crippen LogP contribution < -0.4 is 5.56 Å². The van der Waals surface area contributed by atoms with Crippen molar-refractivity contribution in [3.05, 3.63) is 33.6 Å². The van der Waals surface area contributed by atoms with Crippen molar-refractivity contribution in [2.24, 2.45) is 11.8 Å². The number of ether oxygens (including phenoxy) is 1. The number of likely N-dealkylation sites (tertiary alicyclic amines) is 1. The average molecular weight is 480 g/mol. The number of esters is 1. The van der Waals surface area contributed by atoms with Gasteiger partial charge in [0.05, 0.1) is 28.7 Å². The minimum atomic E-state index is -0.413. The smallest absolute Gasteiger partial charge is 0.309 e. The Labute approximate surface area is 197 Å². The number of piperidine rings is 1. The Morgan fingerprint density at radius 3 is 2.56 bits per heavy atom. The summed E-state index contributed by atoms with van der Waals surface area (Å²) in [5.74, 6) is -0.107. The molecule has 1 aromatic heterocycles. The average Bonchev–Trinajstić information content (AvgIpc) is 2.76. The van der Waals surface area contributed by atoms with Crippen molar-refractivity contribution < 1.29 is 14.3 Å². The van der Waals surface area contributed by atoms with Crippen molar-refractivity contribution in [3.63, 3.8) is 0 Å². The number of hydrogen-bond donors (Lipinski definition) is 0. The molecule has 32 heavy (non-hydrogen) atoms. The quantitative estimate of drug-likeness (QED) is 0.339. The minimum Gasteiger partial charge on any atom is -0.466 e. The second kappa shape index (κ2) is 10.7. The number of hydrogen-bond acceptors (Lipinski definition) is 6. The SMILES string of the molecule is CCOC(=O)C1CCN(C(=O)[C@@H](C)Sc2nc3ccc(Cl)cc3c(=O)n2CC(C)C)CC1. The molecule has 0 saturated carbocycles. The van der Waals surface area contributed by atoms with E-state index in [0.29, 0.717) is 60.2 Å². The van der Waals surface area contributed by atoms with Crippen LogP contribution in [0.5, 0.6) is 0 Å². The van der Waals surface area contributed by atoms with E-state index in [0.717, 1.165) is 0 Å². The van der Waals surface area contributed by atoms with Crippen molar-refractivity contribution in [2.45, 2.75) is 57.5 Å². The Kier molecular flexibility index (Phi) is 8.22. The van der Waals surface area contributed by atoms with Crippen LogP contribution in [0, 0.1) is 11.8 Å². The van der Waals surface area contributed by atoms with E-state index in [1.54, 1.807) is 34.6 Å². The minimum absolute atomic E-state index is 0.0149. The first-order valence-corrected chi connectivity index (χ1v) is 12.3. The van der Waals surface area contributed by atoms with Crippen LogP contribution in [0.25, 0.3) is 10.9 Å². The number of halogens is 1. The first-order valence-electron chi connectivity index (χ1n) is 11.0. The highest BCUT2D eigenvalue weighted by Gasteiger charge is 2.31. The van der Waals surface area contributed by atoms with E-state index in [1.807, 2.05) is 20.8 Å². The third-order valence-electron chi connectivity index (χ3n) is 5.49. The Morgan fingerprint density at radius 1 is 1.25 bits per heavy atom. The van der Waals surface area contributed by atoms with E-state index in [1.165, 1.54) is 11.8 Å². The largest absolute Gasteiger partial charge is 0.466 e. The molecule has 0 unspecified atom stereocenters. The summed E-state index contributed by atoms with van der Waals surface area (Å²) in [7, 11) is 0. The first kappa shape index (κ1) is 24.6. The summed E-state index contributed by atoms with van der Waals surface area (Å²) in [5, 5.41) is 1.08. The molecule has 3 rings (SSSR count). The topological polar surface area (TPSA) is 81.5 Å². The summed E-state index contributed by atoms with van der Waals surface area (Å²) in [6, 6.07) is 5.08. The van der Waals surface area contributed by atoms with E-state index >= 15 is 0 Å². The zero-order chi connectivity index (χ0) is 23.4. The van der Waals surface area contributed by atoms with Crippen LogP contribution in [0.4, 0.5) is 0 Å². The summed E-state index contributed by atoms with van der Waals surface area (Å²) < 4.78 is 6.75. The molecule has 0 N–H and O–H groups in total. The van der Waals surface area contributed by atoms with Crippen LogP contribution in [0.1, 0.15) is 40.5 Å². The molecule has 1 aromatic carbocycles. The number of carbonyl (C=O) groups excluding carboxylic acids is 2. The number of rotatable bonds is 7. The molecule has 1 fully saturated rings. The standard InChI is InChI=1S/C23H30ClN3O4S/c1-5-31-22(30)16-8-10-26(11-9-16)20(28)15(4)32-23-25-19-7-6-17(24)12-18(19)21(29)27(23)13-14(2)3/h6-7,12,14-16H,5,8-11,13H2,1-4H3/t15-/m1/s1. The number of nitrogens with zero attached hydrogens (tertiary/aromatic N) is 3. The van der Waals surface area contributed by atoms with Crippen LogP contribution in [0.3, 0.4) is 0 Å². The number of carbonyl (C=O) groups is 2. The lowest BCUT2D eigenvalue weighted by Gasteiger charge is -2.32. The predicted molar refractivity (Wildman–Crippen MR) is 127 cm³/mol. The molecule has 1 amide bonds. The zero-order valence-electron chi connectivity index (χ0n) is 19.0. The Balaban J connectivity index is 1.78. The third kappa shape index (κ3) is 5.64. The van der Waals surface area contributed by atoms with Gasteiger partial charge in [0.15, 0.2) is 5.16 Å². The molecule has 0 aliphatic carbocycles. The summed E-state index contributed by atoms with van der Waals surface area (Å²) in [5.41, 5.74) is 0.417. The summed E-state index contributed by atoms with van der Waals surface area (Å²) in [6.45, 7) is 9.62. The lowest BCUT2D eigenvalue weighted by molar-refractivity contribution is -0.151. The van der Waals surface area contributed by atoms with Crippen LogP contribution in [0.15, 0.2) is 28.2 Å².